The topological polar surface area (TPSA) is 35.2 Å². The van der Waals surface area contributed by atoms with Crippen LogP contribution in [0.15, 0.2) is 35.2 Å². The Balaban J connectivity index is 2.76. The van der Waals surface area contributed by atoms with Gasteiger partial charge in [0.25, 0.3) is 0 Å². The van der Waals surface area contributed by atoms with Crippen LogP contribution in [0.1, 0.15) is 5.56 Å². The van der Waals surface area contributed by atoms with Gasteiger partial charge < -0.3 is 9.92 Å². The van der Waals surface area contributed by atoms with E-state index < -0.39 is 0 Å². The molecule has 0 bridgehead atoms. The summed E-state index contributed by atoms with van der Waals surface area (Å²) >= 11 is 1.37. The van der Waals surface area contributed by atoms with Gasteiger partial charge in [0, 0.05) is 28.0 Å². The Morgan fingerprint density at radius 3 is 2.53 bits per heavy atom. The highest BCUT2D eigenvalue weighted by Crippen LogP contribution is 2.33. The molecule has 3 heteroatoms. The van der Waals surface area contributed by atoms with Crippen molar-refractivity contribution in [2.24, 2.45) is 0 Å². The first kappa shape index (κ1) is 10.3. The van der Waals surface area contributed by atoms with E-state index in [1.807, 2.05) is 25.1 Å². The zero-order chi connectivity index (χ0) is 10.8. The third kappa shape index (κ3) is 1.80. The highest BCUT2D eigenvalue weighted by atomic mass is 32.2. The molecule has 0 aliphatic heterocycles. The van der Waals surface area contributed by atoms with Crippen molar-refractivity contribution in [2.45, 2.75) is 11.8 Å². The molecule has 0 saturated heterocycles. The second-order valence-electron chi connectivity index (χ2n) is 3.40. The molecule has 0 spiro atoms. The Bertz CT molecular complexity index is 496. The van der Waals surface area contributed by atoms with Crippen molar-refractivity contribution in [1.82, 2.24) is 0 Å². The molecule has 78 valence electrons. The number of hydrogen-bond donors (Lipinski definition) is 1. The van der Waals surface area contributed by atoms with Gasteiger partial charge in [0.1, 0.15) is 0 Å². The molecule has 0 aliphatic carbocycles. The Morgan fingerprint density at radius 2 is 1.87 bits per heavy atom. The number of nitrogen functional groups attached to an aromatic ring is 1. The number of aryl methyl sites for hydroxylation is 1. The molecule has 2 aromatic carbocycles. The average molecular weight is 219 g/mol. The maximum Gasteiger partial charge on any atom is 0.0508 e. The van der Waals surface area contributed by atoms with E-state index in [-0.39, 0.29) is 0 Å². The molecular weight excluding hydrogens is 206 g/mol. The molecule has 0 unspecified atom stereocenters. The van der Waals surface area contributed by atoms with Gasteiger partial charge in [-0.05, 0) is 23.9 Å². The lowest BCUT2D eigenvalue weighted by Gasteiger charge is -2.09. The average Bonchev–Trinajstić information content (AvgIpc) is 2.26. The smallest absolute Gasteiger partial charge is 0.0508 e. The van der Waals surface area contributed by atoms with Crippen molar-refractivity contribution >= 4 is 28.5 Å². The molecule has 0 fully saturated rings. The Morgan fingerprint density at radius 1 is 1.20 bits per heavy atom. The van der Waals surface area contributed by atoms with E-state index >= 15 is 0 Å². The van der Waals surface area contributed by atoms with E-state index in [0.717, 1.165) is 26.9 Å². The lowest BCUT2D eigenvalue weighted by Crippen LogP contribution is -1.92. The van der Waals surface area contributed by atoms with E-state index in [1.54, 1.807) is 7.11 Å². The first-order valence-electron chi connectivity index (χ1n) is 4.72. The number of anilines is 1. The number of hydrogen-bond acceptors (Lipinski definition) is 3. The molecule has 0 atom stereocenters. The van der Waals surface area contributed by atoms with Crippen molar-refractivity contribution in [1.29, 1.82) is 0 Å². The van der Waals surface area contributed by atoms with Gasteiger partial charge in [-0.1, -0.05) is 24.3 Å². The minimum Gasteiger partial charge on any atom is -0.398 e. The predicted molar refractivity (Wildman–Crippen MR) is 66.0 cm³/mol. The van der Waals surface area contributed by atoms with E-state index in [1.165, 1.54) is 12.0 Å². The zero-order valence-electron chi connectivity index (χ0n) is 8.78. The van der Waals surface area contributed by atoms with Crippen LogP contribution in [0.4, 0.5) is 5.69 Å². The van der Waals surface area contributed by atoms with E-state index in [9.17, 15) is 0 Å². The molecule has 0 saturated carbocycles. The third-order valence-corrected chi connectivity index (χ3v) is 3.11. The summed E-state index contributed by atoms with van der Waals surface area (Å²) in [5.41, 5.74) is 7.98. The summed E-state index contributed by atoms with van der Waals surface area (Å²) in [5, 5.41) is 2.24. The van der Waals surface area contributed by atoms with Crippen LogP contribution in [-0.4, -0.2) is 7.11 Å². The number of nitrogens with two attached hydrogens (primary N) is 1. The standard InChI is InChI=1S/C12H13NOS/c1-8-7-11(15-14-2)9-5-3-4-6-10(9)12(8)13/h3-7H,13H2,1-2H3. The zero-order valence-corrected chi connectivity index (χ0v) is 9.60. The molecular formula is C12H13NOS. The minimum atomic E-state index is 0.853. The summed E-state index contributed by atoms with van der Waals surface area (Å²) in [6.07, 6.45) is 0. The Kier molecular flexibility index (Phi) is 2.84. The third-order valence-electron chi connectivity index (χ3n) is 2.43. The molecule has 15 heavy (non-hydrogen) atoms. The second-order valence-corrected chi connectivity index (χ2v) is 4.34. The summed E-state index contributed by atoms with van der Waals surface area (Å²) in [7, 11) is 1.67. The lowest BCUT2D eigenvalue weighted by atomic mass is 10.1. The van der Waals surface area contributed by atoms with Crippen molar-refractivity contribution in [3.8, 4) is 0 Å². The fraction of sp³-hybridized carbons (Fsp3) is 0.167. The summed E-state index contributed by atoms with van der Waals surface area (Å²) < 4.78 is 5.11. The molecule has 0 radical (unpaired) electrons. The summed E-state index contributed by atoms with van der Waals surface area (Å²) in [6.45, 7) is 2.02. The highest BCUT2D eigenvalue weighted by molar-refractivity contribution is 7.94. The maximum atomic E-state index is 6.03. The van der Waals surface area contributed by atoms with Gasteiger partial charge in [-0.25, -0.2) is 0 Å². The monoisotopic (exact) mass is 219 g/mol. The van der Waals surface area contributed by atoms with Crippen LogP contribution in [0, 0.1) is 6.92 Å². The highest BCUT2D eigenvalue weighted by Gasteiger charge is 2.07. The lowest BCUT2D eigenvalue weighted by molar-refractivity contribution is 0.490. The predicted octanol–water partition coefficient (Wildman–Crippen LogP) is 3.38. The fourth-order valence-electron chi connectivity index (χ4n) is 1.66. The first-order valence-corrected chi connectivity index (χ1v) is 5.46. The van der Waals surface area contributed by atoms with Gasteiger partial charge >= 0.3 is 0 Å². The minimum absolute atomic E-state index is 0.853. The molecule has 2 aromatic rings. The normalized spacial score (nSPS) is 10.8. The number of rotatable bonds is 2. The van der Waals surface area contributed by atoms with E-state index in [2.05, 4.69) is 12.1 Å². The fourth-order valence-corrected chi connectivity index (χ4v) is 2.33. The van der Waals surface area contributed by atoms with Crippen molar-refractivity contribution in [3.63, 3.8) is 0 Å². The van der Waals surface area contributed by atoms with Crippen molar-refractivity contribution in [3.05, 3.63) is 35.9 Å². The molecule has 0 heterocycles. The number of benzene rings is 2. The van der Waals surface area contributed by atoms with E-state index in [0.29, 0.717) is 0 Å². The van der Waals surface area contributed by atoms with Crippen LogP contribution < -0.4 is 5.73 Å². The quantitative estimate of drug-likeness (QED) is 0.621. The van der Waals surface area contributed by atoms with Crippen LogP contribution in [-0.2, 0) is 4.18 Å². The maximum absolute atomic E-state index is 6.03. The SMILES string of the molecule is COSc1cc(C)c(N)c2ccccc12. The number of fused-ring (bicyclic) bond motifs is 1. The summed E-state index contributed by atoms with van der Waals surface area (Å²) in [6, 6.07) is 10.2. The first-order chi connectivity index (χ1) is 7.24. The van der Waals surface area contributed by atoms with Crippen molar-refractivity contribution < 1.29 is 4.18 Å². The van der Waals surface area contributed by atoms with Crippen LogP contribution in [0.2, 0.25) is 0 Å². The van der Waals surface area contributed by atoms with Crippen LogP contribution in [0.25, 0.3) is 10.8 Å². The Hall–Kier alpha value is -1.19. The van der Waals surface area contributed by atoms with Crippen LogP contribution >= 0.6 is 12.0 Å². The molecule has 2 nitrogen and oxygen atoms in total. The largest absolute Gasteiger partial charge is 0.398 e. The summed E-state index contributed by atoms with van der Waals surface area (Å²) in [5.74, 6) is 0. The molecule has 0 aliphatic rings. The molecule has 0 aromatic heterocycles. The van der Waals surface area contributed by atoms with Gasteiger partial charge in [0.05, 0.1) is 7.11 Å². The van der Waals surface area contributed by atoms with Crippen LogP contribution in [0.3, 0.4) is 0 Å². The van der Waals surface area contributed by atoms with Crippen molar-refractivity contribution in [2.75, 3.05) is 12.8 Å². The van der Waals surface area contributed by atoms with Gasteiger partial charge in [-0.3, -0.25) is 0 Å². The van der Waals surface area contributed by atoms with E-state index in [4.69, 9.17) is 9.92 Å². The molecule has 2 rings (SSSR count). The van der Waals surface area contributed by atoms with Crippen LogP contribution in [0.5, 0.6) is 0 Å². The van der Waals surface area contributed by atoms with Gasteiger partial charge in [-0.15, -0.1) is 0 Å². The molecule has 0 amide bonds. The summed E-state index contributed by atoms with van der Waals surface area (Å²) in [4.78, 5) is 1.11. The Labute approximate surface area is 93.6 Å². The second kappa shape index (κ2) is 4.13. The van der Waals surface area contributed by atoms with Gasteiger partial charge in [0.15, 0.2) is 0 Å². The van der Waals surface area contributed by atoms with Gasteiger partial charge in [0.2, 0.25) is 0 Å². The molecule has 2 N–H and O–H groups in total. The van der Waals surface area contributed by atoms with Gasteiger partial charge in [-0.2, -0.15) is 0 Å².